The van der Waals surface area contributed by atoms with Gasteiger partial charge in [-0.1, -0.05) is 35.9 Å². The smallest absolute Gasteiger partial charge is 0.252 e. The SMILES string of the molecule is Cc1ccc(CN2C(=O)C(C)(C)Nc3ccccc32)c(C)c1. The largest absolute Gasteiger partial charge is 0.370 e. The number of hydrogen-bond donors (Lipinski definition) is 1. The Morgan fingerprint density at radius 3 is 2.55 bits per heavy atom. The first kappa shape index (κ1) is 14.6. The number of carbonyl (C=O) groups excluding carboxylic acids is 1. The average molecular weight is 294 g/mol. The summed E-state index contributed by atoms with van der Waals surface area (Å²) in [7, 11) is 0. The molecule has 22 heavy (non-hydrogen) atoms. The second-order valence-electron chi connectivity index (χ2n) is 6.59. The maximum atomic E-state index is 12.9. The zero-order valence-electron chi connectivity index (χ0n) is 13.6. The summed E-state index contributed by atoms with van der Waals surface area (Å²) >= 11 is 0. The average Bonchev–Trinajstić information content (AvgIpc) is 2.45. The van der Waals surface area contributed by atoms with Gasteiger partial charge in [0.15, 0.2) is 0 Å². The molecule has 2 aromatic carbocycles. The maximum Gasteiger partial charge on any atom is 0.252 e. The number of hydrogen-bond acceptors (Lipinski definition) is 2. The highest BCUT2D eigenvalue weighted by Gasteiger charge is 2.38. The van der Waals surface area contributed by atoms with Crippen LogP contribution in [0, 0.1) is 13.8 Å². The molecular weight excluding hydrogens is 272 g/mol. The molecule has 3 heteroatoms. The Morgan fingerprint density at radius 1 is 1.09 bits per heavy atom. The van der Waals surface area contributed by atoms with Crippen LogP contribution in [0.25, 0.3) is 0 Å². The first-order valence-electron chi connectivity index (χ1n) is 7.64. The molecule has 0 aromatic heterocycles. The van der Waals surface area contributed by atoms with Gasteiger partial charge in [-0.2, -0.15) is 0 Å². The molecule has 0 radical (unpaired) electrons. The third kappa shape index (κ3) is 2.47. The van der Waals surface area contributed by atoms with Gasteiger partial charge in [0, 0.05) is 0 Å². The molecule has 0 atom stereocenters. The predicted octanol–water partition coefficient (Wildman–Crippen LogP) is 4.04. The van der Waals surface area contributed by atoms with Crippen LogP contribution in [0.1, 0.15) is 30.5 Å². The fraction of sp³-hybridized carbons (Fsp3) is 0.316. The molecule has 1 amide bonds. The molecule has 3 nitrogen and oxygen atoms in total. The lowest BCUT2D eigenvalue weighted by molar-refractivity contribution is -0.122. The molecular formula is C19H22N2O. The van der Waals surface area contributed by atoms with Crippen molar-refractivity contribution in [2.75, 3.05) is 10.2 Å². The third-order valence-corrected chi connectivity index (χ3v) is 4.25. The van der Waals surface area contributed by atoms with E-state index in [1.165, 1.54) is 16.7 Å². The lowest BCUT2D eigenvalue weighted by Crippen LogP contribution is -2.53. The summed E-state index contributed by atoms with van der Waals surface area (Å²) < 4.78 is 0. The summed E-state index contributed by atoms with van der Waals surface area (Å²) in [5, 5.41) is 3.33. The van der Waals surface area contributed by atoms with Gasteiger partial charge in [0.05, 0.1) is 17.9 Å². The van der Waals surface area contributed by atoms with Crippen LogP contribution < -0.4 is 10.2 Å². The Bertz CT molecular complexity index is 734. The van der Waals surface area contributed by atoms with Crippen molar-refractivity contribution in [3.63, 3.8) is 0 Å². The van der Waals surface area contributed by atoms with Gasteiger partial charge in [0.2, 0.25) is 0 Å². The summed E-state index contributed by atoms with van der Waals surface area (Å²) in [6.45, 7) is 8.66. The number of benzene rings is 2. The number of nitrogens with zero attached hydrogens (tertiary/aromatic N) is 1. The number of rotatable bonds is 2. The van der Waals surface area contributed by atoms with Crippen molar-refractivity contribution in [3.8, 4) is 0 Å². The van der Waals surface area contributed by atoms with Crippen LogP contribution in [-0.4, -0.2) is 11.4 Å². The van der Waals surface area contributed by atoms with E-state index in [2.05, 4.69) is 37.4 Å². The van der Waals surface area contributed by atoms with Gasteiger partial charge in [-0.15, -0.1) is 0 Å². The van der Waals surface area contributed by atoms with E-state index in [0.717, 1.165) is 11.4 Å². The van der Waals surface area contributed by atoms with Crippen molar-refractivity contribution < 1.29 is 4.79 Å². The fourth-order valence-corrected chi connectivity index (χ4v) is 3.00. The van der Waals surface area contributed by atoms with Gasteiger partial charge in [0.1, 0.15) is 5.54 Å². The molecule has 0 aliphatic carbocycles. The van der Waals surface area contributed by atoms with Crippen LogP contribution in [0.4, 0.5) is 11.4 Å². The Kier molecular flexibility index (Phi) is 3.44. The maximum absolute atomic E-state index is 12.9. The van der Waals surface area contributed by atoms with Gasteiger partial charge in [-0.25, -0.2) is 0 Å². The molecule has 2 aromatic rings. The quantitative estimate of drug-likeness (QED) is 0.906. The first-order chi connectivity index (χ1) is 10.4. The molecule has 3 rings (SSSR count). The van der Waals surface area contributed by atoms with Crippen molar-refractivity contribution in [2.24, 2.45) is 0 Å². The molecule has 0 fully saturated rings. The second-order valence-corrected chi connectivity index (χ2v) is 6.59. The van der Waals surface area contributed by atoms with Gasteiger partial charge in [-0.3, -0.25) is 4.79 Å². The summed E-state index contributed by atoms with van der Waals surface area (Å²) in [6.07, 6.45) is 0. The van der Waals surface area contributed by atoms with Crippen molar-refractivity contribution in [1.82, 2.24) is 0 Å². The van der Waals surface area contributed by atoms with Gasteiger partial charge < -0.3 is 10.2 Å². The normalized spacial score (nSPS) is 16.2. The third-order valence-electron chi connectivity index (χ3n) is 4.25. The summed E-state index contributed by atoms with van der Waals surface area (Å²) in [5.74, 6) is 0.103. The monoisotopic (exact) mass is 294 g/mol. The summed E-state index contributed by atoms with van der Waals surface area (Å²) in [6, 6.07) is 14.4. The van der Waals surface area contributed by atoms with E-state index in [1.54, 1.807) is 0 Å². The predicted molar refractivity (Wildman–Crippen MR) is 91.2 cm³/mol. The van der Waals surface area contributed by atoms with E-state index in [0.29, 0.717) is 6.54 Å². The van der Waals surface area contributed by atoms with Crippen molar-refractivity contribution in [1.29, 1.82) is 0 Å². The molecule has 1 N–H and O–H groups in total. The molecule has 0 bridgehead atoms. The molecule has 1 heterocycles. The Balaban J connectivity index is 2.03. The van der Waals surface area contributed by atoms with Gasteiger partial charge in [-0.05, 0) is 51.0 Å². The number of fused-ring (bicyclic) bond motifs is 1. The highest BCUT2D eigenvalue weighted by Crippen LogP contribution is 2.36. The molecule has 0 saturated heterocycles. The second kappa shape index (κ2) is 5.16. The van der Waals surface area contributed by atoms with E-state index in [-0.39, 0.29) is 5.91 Å². The van der Waals surface area contributed by atoms with Crippen LogP contribution in [0.3, 0.4) is 0 Å². The Morgan fingerprint density at radius 2 is 1.82 bits per heavy atom. The van der Waals surface area contributed by atoms with E-state index >= 15 is 0 Å². The van der Waals surface area contributed by atoms with E-state index in [9.17, 15) is 4.79 Å². The Labute approximate surface area is 132 Å². The van der Waals surface area contributed by atoms with Gasteiger partial charge in [0.25, 0.3) is 5.91 Å². The number of para-hydroxylation sites is 2. The molecule has 1 aliphatic heterocycles. The van der Waals surface area contributed by atoms with Crippen LogP contribution in [0.15, 0.2) is 42.5 Å². The highest BCUT2D eigenvalue weighted by atomic mass is 16.2. The zero-order valence-corrected chi connectivity index (χ0v) is 13.6. The van der Waals surface area contributed by atoms with Crippen LogP contribution in [0.5, 0.6) is 0 Å². The molecule has 114 valence electrons. The molecule has 0 saturated carbocycles. The number of amides is 1. The number of aryl methyl sites for hydroxylation is 2. The van der Waals surface area contributed by atoms with E-state index in [1.807, 2.05) is 43.0 Å². The summed E-state index contributed by atoms with van der Waals surface area (Å²) in [5.41, 5.74) is 5.03. The molecule has 1 aliphatic rings. The summed E-state index contributed by atoms with van der Waals surface area (Å²) in [4.78, 5) is 14.7. The standard InChI is InChI=1S/C19H22N2O/c1-13-9-10-15(14(2)11-13)12-21-17-8-6-5-7-16(17)20-19(3,4)18(21)22/h5-11,20H,12H2,1-4H3. The number of carbonyl (C=O) groups is 1. The van der Waals surface area contributed by atoms with E-state index < -0.39 is 5.54 Å². The van der Waals surface area contributed by atoms with Crippen molar-refractivity contribution in [2.45, 2.75) is 39.8 Å². The number of nitrogens with one attached hydrogen (secondary N) is 1. The fourth-order valence-electron chi connectivity index (χ4n) is 3.00. The minimum atomic E-state index is -0.590. The van der Waals surface area contributed by atoms with E-state index in [4.69, 9.17) is 0 Å². The highest BCUT2D eigenvalue weighted by molar-refractivity contribution is 6.07. The van der Waals surface area contributed by atoms with Crippen molar-refractivity contribution in [3.05, 3.63) is 59.2 Å². The van der Waals surface area contributed by atoms with Gasteiger partial charge >= 0.3 is 0 Å². The molecule has 0 unspecified atom stereocenters. The lowest BCUT2D eigenvalue weighted by Gasteiger charge is -2.40. The van der Waals surface area contributed by atoms with Crippen LogP contribution in [-0.2, 0) is 11.3 Å². The molecule has 0 spiro atoms. The topological polar surface area (TPSA) is 32.3 Å². The van der Waals surface area contributed by atoms with Crippen molar-refractivity contribution >= 4 is 17.3 Å². The zero-order chi connectivity index (χ0) is 15.9. The van der Waals surface area contributed by atoms with Crippen LogP contribution >= 0.6 is 0 Å². The van der Waals surface area contributed by atoms with Crippen LogP contribution in [0.2, 0.25) is 0 Å². The first-order valence-corrected chi connectivity index (χ1v) is 7.64. The minimum Gasteiger partial charge on any atom is -0.370 e. The Hall–Kier alpha value is -2.29. The lowest BCUT2D eigenvalue weighted by atomic mass is 9.96. The minimum absolute atomic E-state index is 0.103. The number of anilines is 2.